The molecule has 0 aliphatic carbocycles. The van der Waals surface area contributed by atoms with Crippen molar-refractivity contribution < 1.29 is 14.3 Å². The van der Waals surface area contributed by atoms with Crippen molar-refractivity contribution in [2.75, 3.05) is 0 Å². The van der Waals surface area contributed by atoms with E-state index in [1.165, 1.54) is 0 Å². The number of carbonyl (C=O) groups is 2. The molecular weight excluding hydrogens is 218 g/mol. The lowest BCUT2D eigenvalue weighted by molar-refractivity contribution is -0.113. The Balaban J connectivity index is 4.49. The predicted octanol–water partition coefficient (Wildman–Crippen LogP) is 2.76. The van der Waals surface area contributed by atoms with E-state index in [9.17, 15) is 9.59 Å². The van der Waals surface area contributed by atoms with E-state index in [0.717, 1.165) is 6.29 Å². The summed E-state index contributed by atoms with van der Waals surface area (Å²) in [4.78, 5) is 22.6. The summed E-state index contributed by atoms with van der Waals surface area (Å²) in [6.07, 6.45) is 1.16. The van der Waals surface area contributed by atoms with E-state index in [-0.39, 0.29) is 17.9 Å². The lowest BCUT2D eigenvalue weighted by atomic mass is 9.88. The summed E-state index contributed by atoms with van der Waals surface area (Å²) in [6.45, 7) is 11.3. The average molecular weight is 243 g/mol. The zero-order valence-corrected chi connectivity index (χ0v) is 11.7. The van der Waals surface area contributed by atoms with Crippen molar-refractivity contribution in [1.82, 2.24) is 5.32 Å². The van der Waals surface area contributed by atoms with Gasteiger partial charge in [0.15, 0.2) is 0 Å². The molecule has 0 spiro atoms. The van der Waals surface area contributed by atoms with Gasteiger partial charge in [-0.2, -0.15) is 0 Å². The first-order valence-electron chi connectivity index (χ1n) is 6.16. The first kappa shape index (κ1) is 15.9. The van der Waals surface area contributed by atoms with E-state index < -0.39 is 11.7 Å². The molecule has 100 valence electrons. The molecule has 0 unspecified atom stereocenters. The lowest BCUT2D eigenvalue weighted by Crippen LogP contribution is -2.44. The third-order valence-corrected chi connectivity index (χ3v) is 2.53. The topological polar surface area (TPSA) is 55.4 Å². The third kappa shape index (κ3) is 6.29. The summed E-state index contributed by atoms with van der Waals surface area (Å²) >= 11 is 0. The van der Waals surface area contributed by atoms with Gasteiger partial charge in [-0.15, -0.1) is 0 Å². The van der Waals surface area contributed by atoms with Gasteiger partial charge in [0.25, 0.3) is 0 Å². The normalized spacial score (nSPS) is 15.2. The van der Waals surface area contributed by atoms with Gasteiger partial charge in [-0.1, -0.05) is 20.8 Å². The van der Waals surface area contributed by atoms with E-state index in [1.807, 2.05) is 41.5 Å². The van der Waals surface area contributed by atoms with Gasteiger partial charge >= 0.3 is 6.09 Å². The number of ether oxygens (including phenoxy) is 1. The summed E-state index contributed by atoms with van der Waals surface area (Å²) in [6, 6.07) is -0.164. The Bertz CT molecular complexity index is 256. The van der Waals surface area contributed by atoms with E-state index in [0.29, 0.717) is 6.42 Å². The number of hydrogen-bond acceptors (Lipinski definition) is 3. The van der Waals surface area contributed by atoms with Crippen molar-refractivity contribution in [3.05, 3.63) is 0 Å². The van der Waals surface area contributed by atoms with Crippen LogP contribution in [0.4, 0.5) is 4.79 Å². The number of rotatable bonds is 5. The molecule has 0 heterocycles. The molecule has 0 fully saturated rings. The Hall–Kier alpha value is -1.06. The number of aldehydes is 1. The summed E-state index contributed by atoms with van der Waals surface area (Å²) in [7, 11) is 0. The molecule has 1 amide bonds. The molecule has 4 heteroatoms. The molecule has 0 radical (unpaired) electrons. The van der Waals surface area contributed by atoms with Gasteiger partial charge in [0, 0.05) is 12.0 Å². The second-order valence-electron chi connectivity index (χ2n) is 5.62. The highest BCUT2D eigenvalue weighted by atomic mass is 16.6. The van der Waals surface area contributed by atoms with Crippen molar-refractivity contribution in [2.45, 2.75) is 59.6 Å². The first-order valence-corrected chi connectivity index (χ1v) is 6.16. The maximum atomic E-state index is 11.6. The lowest BCUT2D eigenvalue weighted by Gasteiger charge is -2.27. The minimum absolute atomic E-state index is 0.164. The summed E-state index contributed by atoms with van der Waals surface area (Å²) in [5, 5.41) is 2.76. The molecule has 0 saturated carbocycles. The Morgan fingerprint density at radius 1 is 1.35 bits per heavy atom. The van der Waals surface area contributed by atoms with Crippen molar-refractivity contribution in [2.24, 2.45) is 11.8 Å². The number of carbonyl (C=O) groups excluding carboxylic acids is 2. The largest absolute Gasteiger partial charge is 0.444 e. The highest BCUT2D eigenvalue weighted by molar-refractivity contribution is 5.69. The van der Waals surface area contributed by atoms with Crippen LogP contribution < -0.4 is 5.32 Å². The van der Waals surface area contributed by atoms with Crippen LogP contribution in [0.5, 0.6) is 0 Å². The quantitative estimate of drug-likeness (QED) is 0.755. The van der Waals surface area contributed by atoms with Crippen LogP contribution in [0.1, 0.15) is 48.0 Å². The molecular formula is C13H25NO3. The molecule has 0 aromatic heterocycles. The van der Waals surface area contributed by atoms with Gasteiger partial charge in [-0.3, -0.25) is 0 Å². The summed E-state index contributed by atoms with van der Waals surface area (Å²) < 4.78 is 5.18. The molecule has 0 rings (SSSR count). The fourth-order valence-electron chi connectivity index (χ4n) is 1.65. The SMILES string of the molecule is CC[C@H](NC(=O)OC(C)(C)C)[C@H](C=O)C(C)C. The molecule has 4 nitrogen and oxygen atoms in total. The van der Waals surface area contributed by atoms with Crippen molar-refractivity contribution in [1.29, 1.82) is 0 Å². The first-order chi connectivity index (χ1) is 7.71. The average Bonchev–Trinajstić information content (AvgIpc) is 2.13. The van der Waals surface area contributed by atoms with Crippen LogP contribution in [0, 0.1) is 11.8 Å². The number of hydrogen-bond donors (Lipinski definition) is 1. The van der Waals surface area contributed by atoms with Crippen LogP contribution in [-0.4, -0.2) is 24.0 Å². The van der Waals surface area contributed by atoms with Gasteiger partial charge in [0.1, 0.15) is 11.9 Å². The molecule has 0 aliphatic rings. The van der Waals surface area contributed by atoms with Crippen LogP contribution in [0.25, 0.3) is 0 Å². The molecule has 0 aliphatic heterocycles. The zero-order valence-electron chi connectivity index (χ0n) is 11.7. The summed E-state index contributed by atoms with van der Waals surface area (Å²) in [5.74, 6) is 0.0277. The molecule has 0 saturated heterocycles. The fourth-order valence-corrected chi connectivity index (χ4v) is 1.65. The van der Waals surface area contributed by atoms with Crippen LogP contribution in [0.15, 0.2) is 0 Å². The monoisotopic (exact) mass is 243 g/mol. The van der Waals surface area contributed by atoms with Gasteiger partial charge in [-0.05, 0) is 33.1 Å². The van der Waals surface area contributed by atoms with Crippen LogP contribution in [0.3, 0.4) is 0 Å². The van der Waals surface area contributed by atoms with Gasteiger partial charge in [0.2, 0.25) is 0 Å². The molecule has 1 N–H and O–H groups in total. The Kier molecular flexibility index (Phi) is 6.21. The minimum atomic E-state index is -0.517. The molecule has 0 aromatic rings. The Morgan fingerprint density at radius 3 is 2.18 bits per heavy atom. The minimum Gasteiger partial charge on any atom is -0.444 e. The van der Waals surface area contributed by atoms with E-state index >= 15 is 0 Å². The van der Waals surface area contributed by atoms with Crippen molar-refractivity contribution >= 4 is 12.4 Å². The molecule has 0 aromatic carbocycles. The van der Waals surface area contributed by atoms with Crippen molar-refractivity contribution in [3.63, 3.8) is 0 Å². The maximum absolute atomic E-state index is 11.6. The fraction of sp³-hybridized carbons (Fsp3) is 0.846. The van der Waals surface area contributed by atoms with E-state index in [4.69, 9.17) is 4.74 Å². The Morgan fingerprint density at radius 2 is 1.88 bits per heavy atom. The van der Waals surface area contributed by atoms with Crippen LogP contribution in [0.2, 0.25) is 0 Å². The predicted molar refractivity (Wildman–Crippen MR) is 67.8 cm³/mol. The highest BCUT2D eigenvalue weighted by Crippen LogP contribution is 2.16. The maximum Gasteiger partial charge on any atom is 0.407 e. The standard InChI is InChI=1S/C13H25NO3/c1-7-11(10(8-15)9(2)3)14-12(16)17-13(4,5)6/h8-11H,7H2,1-6H3,(H,14,16)/t10-,11+/m1/s1. The number of nitrogens with one attached hydrogen (secondary N) is 1. The van der Waals surface area contributed by atoms with Gasteiger partial charge in [0.05, 0.1) is 0 Å². The van der Waals surface area contributed by atoms with E-state index in [1.54, 1.807) is 0 Å². The number of alkyl carbamates (subject to hydrolysis) is 1. The third-order valence-electron chi connectivity index (χ3n) is 2.53. The van der Waals surface area contributed by atoms with Crippen LogP contribution >= 0.6 is 0 Å². The number of amides is 1. The van der Waals surface area contributed by atoms with Gasteiger partial charge in [-0.25, -0.2) is 4.79 Å². The van der Waals surface area contributed by atoms with Gasteiger partial charge < -0.3 is 14.8 Å². The molecule has 2 atom stereocenters. The van der Waals surface area contributed by atoms with Crippen molar-refractivity contribution in [3.8, 4) is 0 Å². The smallest absolute Gasteiger partial charge is 0.407 e. The molecule has 17 heavy (non-hydrogen) atoms. The second kappa shape index (κ2) is 6.62. The molecule has 0 bridgehead atoms. The second-order valence-corrected chi connectivity index (χ2v) is 5.62. The zero-order chi connectivity index (χ0) is 13.6. The Labute approximate surface area is 104 Å². The summed E-state index contributed by atoms with van der Waals surface area (Å²) in [5.41, 5.74) is -0.517. The van der Waals surface area contributed by atoms with Crippen LogP contribution in [-0.2, 0) is 9.53 Å². The highest BCUT2D eigenvalue weighted by Gasteiger charge is 2.26. The van der Waals surface area contributed by atoms with E-state index in [2.05, 4.69) is 5.32 Å².